The lowest BCUT2D eigenvalue weighted by Gasteiger charge is -2.21. The zero-order chi connectivity index (χ0) is 37.0. The van der Waals surface area contributed by atoms with Crippen LogP contribution in [0.1, 0.15) is 239 Å². The first-order valence-corrected chi connectivity index (χ1v) is 23.1. The van der Waals surface area contributed by atoms with E-state index in [4.69, 9.17) is 4.74 Å². The molecule has 5 nitrogen and oxygen atoms in total. The Balaban J connectivity index is 2.16. The fourth-order valence-electron chi connectivity index (χ4n) is 7.91. The molecule has 302 valence electrons. The maximum Gasteiger partial charge on any atom is 0.306 e. The Morgan fingerprint density at radius 3 is 1.49 bits per heavy atom. The van der Waals surface area contributed by atoms with Gasteiger partial charge in [-0.1, -0.05) is 149 Å². The van der Waals surface area contributed by atoms with E-state index in [1.165, 1.54) is 141 Å². The standard InChI is InChI=1S/C46H89NO4/c1-4-7-10-13-17-23-30-43(42-35-36-42)41-44(49)31-24-22-29-38-47(39-40-48)37-28-21-16-20-27-34-46(50)51-45(32-25-18-14-11-8-5-2)33-26-19-15-12-9-6-3/h42-43,45,48H,4-41H2,1-3H3. The van der Waals surface area contributed by atoms with Crippen LogP contribution in [-0.2, 0) is 14.3 Å². The van der Waals surface area contributed by atoms with Crippen LogP contribution < -0.4 is 0 Å². The molecule has 1 saturated carbocycles. The highest BCUT2D eigenvalue weighted by atomic mass is 16.5. The predicted octanol–water partition coefficient (Wildman–Crippen LogP) is 13.3. The smallest absolute Gasteiger partial charge is 0.306 e. The number of aliphatic hydroxyl groups is 1. The predicted molar refractivity (Wildman–Crippen MR) is 219 cm³/mol. The van der Waals surface area contributed by atoms with Crippen LogP contribution in [0.2, 0.25) is 0 Å². The fraction of sp³-hybridized carbons (Fsp3) is 0.957. The molecule has 0 spiro atoms. The minimum Gasteiger partial charge on any atom is -0.462 e. The van der Waals surface area contributed by atoms with Crippen LogP contribution in [0.3, 0.4) is 0 Å². The van der Waals surface area contributed by atoms with E-state index in [1.807, 2.05) is 0 Å². The lowest BCUT2D eigenvalue weighted by atomic mass is 9.89. The van der Waals surface area contributed by atoms with Gasteiger partial charge in [-0.25, -0.2) is 0 Å². The number of ether oxygens (including phenoxy) is 1. The normalized spacial score (nSPS) is 13.8. The van der Waals surface area contributed by atoms with Gasteiger partial charge in [-0.15, -0.1) is 0 Å². The molecule has 0 heterocycles. The highest BCUT2D eigenvalue weighted by Crippen LogP contribution is 2.41. The van der Waals surface area contributed by atoms with E-state index < -0.39 is 0 Å². The van der Waals surface area contributed by atoms with Crippen molar-refractivity contribution in [2.45, 2.75) is 245 Å². The second-order valence-electron chi connectivity index (χ2n) is 16.5. The number of nitrogens with zero attached hydrogens (tertiary/aromatic N) is 1. The van der Waals surface area contributed by atoms with Gasteiger partial charge in [0, 0.05) is 25.8 Å². The number of carbonyl (C=O) groups is 2. The van der Waals surface area contributed by atoms with Gasteiger partial charge in [-0.2, -0.15) is 0 Å². The van der Waals surface area contributed by atoms with Gasteiger partial charge in [0.15, 0.2) is 0 Å². The van der Waals surface area contributed by atoms with Crippen molar-refractivity contribution in [3.8, 4) is 0 Å². The molecular formula is C46H89NO4. The van der Waals surface area contributed by atoms with Gasteiger partial charge in [-0.05, 0) is 95.6 Å². The van der Waals surface area contributed by atoms with Crippen molar-refractivity contribution in [3.63, 3.8) is 0 Å². The third-order valence-electron chi connectivity index (χ3n) is 11.5. The molecule has 0 aromatic carbocycles. The quantitative estimate of drug-likeness (QED) is 0.0503. The number of hydrogen-bond donors (Lipinski definition) is 1. The molecule has 1 unspecified atom stereocenters. The number of rotatable bonds is 41. The summed E-state index contributed by atoms with van der Waals surface area (Å²) in [5.41, 5.74) is 0. The molecule has 51 heavy (non-hydrogen) atoms. The molecule has 5 heteroatoms. The van der Waals surface area contributed by atoms with Crippen LogP contribution >= 0.6 is 0 Å². The topological polar surface area (TPSA) is 66.8 Å². The molecule has 0 radical (unpaired) electrons. The molecule has 0 aliphatic heterocycles. The first-order chi connectivity index (χ1) is 25.0. The lowest BCUT2D eigenvalue weighted by molar-refractivity contribution is -0.150. The summed E-state index contributed by atoms with van der Waals surface area (Å²) in [6.45, 7) is 9.80. The number of carbonyl (C=O) groups excluding carboxylic acids is 2. The van der Waals surface area contributed by atoms with Crippen molar-refractivity contribution < 1.29 is 19.4 Å². The van der Waals surface area contributed by atoms with Crippen molar-refractivity contribution in [3.05, 3.63) is 0 Å². The van der Waals surface area contributed by atoms with Crippen molar-refractivity contribution in [2.24, 2.45) is 11.8 Å². The van der Waals surface area contributed by atoms with Gasteiger partial charge in [0.05, 0.1) is 6.61 Å². The molecule has 0 aromatic heterocycles. The SMILES string of the molecule is CCCCCCCCC(CCCCCCCC)OC(=O)CCCCCCCN(CCO)CCCCCC(=O)CC(CCCCCCCC)C1CC1. The second kappa shape index (κ2) is 36.1. The molecular weight excluding hydrogens is 631 g/mol. The van der Waals surface area contributed by atoms with Crippen LogP contribution in [0.5, 0.6) is 0 Å². The largest absolute Gasteiger partial charge is 0.462 e. The summed E-state index contributed by atoms with van der Waals surface area (Å²) in [6.07, 6.45) is 40.5. The molecule has 0 amide bonds. The summed E-state index contributed by atoms with van der Waals surface area (Å²) in [7, 11) is 0. The van der Waals surface area contributed by atoms with Crippen LogP contribution in [0.25, 0.3) is 0 Å². The third kappa shape index (κ3) is 31.1. The van der Waals surface area contributed by atoms with Crippen molar-refractivity contribution in [1.82, 2.24) is 4.90 Å². The minimum absolute atomic E-state index is 0.0173. The average Bonchev–Trinajstić information content (AvgIpc) is 3.97. The lowest BCUT2D eigenvalue weighted by Crippen LogP contribution is -2.29. The van der Waals surface area contributed by atoms with Crippen LogP contribution in [-0.4, -0.2) is 54.1 Å². The van der Waals surface area contributed by atoms with Crippen LogP contribution in [0, 0.1) is 11.8 Å². The Morgan fingerprint density at radius 1 is 0.549 bits per heavy atom. The molecule has 1 rings (SSSR count). The Bertz CT molecular complexity index is 752. The second-order valence-corrected chi connectivity index (χ2v) is 16.5. The molecule has 0 bridgehead atoms. The summed E-state index contributed by atoms with van der Waals surface area (Å²) in [5, 5.41) is 9.60. The molecule has 0 saturated heterocycles. The van der Waals surface area contributed by atoms with Gasteiger partial charge < -0.3 is 14.7 Å². The van der Waals surface area contributed by atoms with Crippen LogP contribution in [0.15, 0.2) is 0 Å². The van der Waals surface area contributed by atoms with Gasteiger partial charge in [0.2, 0.25) is 0 Å². The van der Waals surface area contributed by atoms with Gasteiger partial charge in [0.25, 0.3) is 0 Å². The zero-order valence-electron chi connectivity index (χ0n) is 34.7. The Labute approximate surface area is 318 Å². The van der Waals surface area contributed by atoms with E-state index in [9.17, 15) is 14.7 Å². The maximum absolute atomic E-state index is 12.8. The summed E-state index contributed by atoms with van der Waals surface area (Å²) in [4.78, 5) is 27.9. The first kappa shape index (κ1) is 48.1. The summed E-state index contributed by atoms with van der Waals surface area (Å²) < 4.78 is 6.03. The van der Waals surface area contributed by atoms with Crippen molar-refractivity contribution in [1.29, 1.82) is 0 Å². The van der Waals surface area contributed by atoms with E-state index in [0.717, 1.165) is 96.2 Å². The number of Topliss-reactive ketones (excluding diaryl/α,β-unsaturated/α-hetero) is 1. The van der Waals surface area contributed by atoms with Gasteiger partial charge in [-0.3, -0.25) is 9.59 Å². The van der Waals surface area contributed by atoms with E-state index >= 15 is 0 Å². The number of aliphatic hydroxyl groups excluding tert-OH is 1. The van der Waals surface area contributed by atoms with Crippen LogP contribution in [0.4, 0.5) is 0 Å². The van der Waals surface area contributed by atoms with Crippen molar-refractivity contribution >= 4 is 11.8 Å². The minimum atomic E-state index is 0.0173. The zero-order valence-corrected chi connectivity index (χ0v) is 34.7. The molecule has 1 fully saturated rings. The Kier molecular flexibility index (Phi) is 34.0. The first-order valence-electron chi connectivity index (χ1n) is 23.1. The summed E-state index contributed by atoms with van der Waals surface area (Å²) in [6, 6.07) is 0. The maximum atomic E-state index is 12.8. The molecule has 1 N–H and O–H groups in total. The highest BCUT2D eigenvalue weighted by Gasteiger charge is 2.31. The van der Waals surface area contributed by atoms with E-state index in [2.05, 4.69) is 25.7 Å². The monoisotopic (exact) mass is 720 g/mol. The van der Waals surface area contributed by atoms with Crippen molar-refractivity contribution in [2.75, 3.05) is 26.2 Å². The summed E-state index contributed by atoms with van der Waals surface area (Å²) in [5.74, 6) is 2.01. The molecule has 0 aromatic rings. The Morgan fingerprint density at radius 2 is 0.980 bits per heavy atom. The van der Waals surface area contributed by atoms with E-state index in [-0.39, 0.29) is 18.7 Å². The fourth-order valence-corrected chi connectivity index (χ4v) is 7.91. The van der Waals surface area contributed by atoms with E-state index in [0.29, 0.717) is 18.1 Å². The molecule has 1 atom stereocenters. The molecule has 1 aliphatic carbocycles. The number of esters is 1. The van der Waals surface area contributed by atoms with Gasteiger partial charge in [0.1, 0.15) is 11.9 Å². The van der Waals surface area contributed by atoms with Gasteiger partial charge >= 0.3 is 5.97 Å². The number of unbranched alkanes of at least 4 members (excludes halogenated alkanes) is 21. The average molecular weight is 720 g/mol. The Hall–Kier alpha value is -0.940. The summed E-state index contributed by atoms with van der Waals surface area (Å²) >= 11 is 0. The highest BCUT2D eigenvalue weighted by molar-refractivity contribution is 5.78. The number of ketones is 1. The number of hydrogen-bond acceptors (Lipinski definition) is 5. The molecule has 1 aliphatic rings. The third-order valence-corrected chi connectivity index (χ3v) is 11.5. The van der Waals surface area contributed by atoms with E-state index in [1.54, 1.807) is 0 Å².